The van der Waals surface area contributed by atoms with Crippen LogP contribution in [0, 0.1) is 5.92 Å². The van der Waals surface area contributed by atoms with Gasteiger partial charge in [0, 0.05) is 30.8 Å². The van der Waals surface area contributed by atoms with Gasteiger partial charge < -0.3 is 30.6 Å². The van der Waals surface area contributed by atoms with Gasteiger partial charge in [0.25, 0.3) is 5.91 Å². The van der Waals surface area contributed by atoms with Gasteiger partial charge >= 0.3 is 0 Å². The minimum absolute atomic E-state index is 0. The number of imidazole rings is 1. The molecule has 11 heteroatoms. The SMILES string of the molecule is C.CC(C)(N)C(=O)N[C@H](COCc1ccccc1)C(=O)Nc1cn(CC(=O)N2CCC(C(=O)c3ccccc3)CC2)cn1. The van der Waals surface area contributed by atoms with E-state index in [1.807, 2.05) is 60.7 Å². The van der Waals surface area contributed by atoms with Gasteiger partial charge in [-0.05, 0) is 32.3 Å². The van der Waals surface area contributed by atoms with E-state index in [9.17, 15) is 19.2 Å². The Hall–Kier alpha value is -4.35. The molecule has 1 aliphatic rings. The van der Waals surface area contributed by atoms with Crippen LogP contribution in [0.15, 0.2) is 73.2 Å². The van der Waals surface area contributed by atoms with Gasteiger partial charge in [-0.2, -0.15) is 0 Å². The average molecular weight is 591 g/mol. The number of nitrogens with zero attached hydrogens (tertiary/aromatic N) is 3. The number of ether oxygens (including phenoxy) is 1. The summed E-state index contributed by atoms with van der Waals surface area (Å²) >= 11 is 0. The van der Waals surface area contributed by atoms with Gasteiger partial charge in [-0.15, -0.1) is 0 Å². The summed E-state index contributed by atoms with van der Waals surface area (Å²) in [5.74, 6) is -0.873. The van der Waals surface area contributed by atoms with Crippen molar-refractivity contribution in [3.05, 3.63) is 84.3 Å². The minimum Gasteiger partial charge on any atom is -0.374 e. The molecule has 43 heavy (non-hydrogen) atoms. The second kappa shape index (κ2) is 15.2. The molecule has 0 aliphatic carbocycles. The van der Waals surface area contributed by atoms with Gasteiger partial charge in [-0.25, -0.2) is 4.98 Å². The van der Waals surface area contributed by atoms with Crippen molar-refractivity contribution in [2.45, 2.75) is 58.8 Å². The fraction of sp³-hybridized carbons (Fsp3) is 0.406. The van der Waals surface area contributed by atoms with Gasteiger partial charge in [-0.1, -0.05) is 68.1 Å². The largest absolute Gasteiger partial charge is 0.374 e. The second-order valence-electron chi connectivity index (χ2n) is 11.1. The number of Topliss-reactive ketones (excluding diaryl/α,β-unsaturated/α-hetero) is 1. The number of carbonyl (C=O) groups is 4. The predicted octanol–water partition coefficient (Wildman–Crippen LogP) is 3.02. The Bertz CT molecular complexity index is 1360. The lowest BCUT2D eigenvalue weighted by Crippen LogP contribution is -2.56. The molecule has 2 heterocycles. The summed E-state index contributed by atoms with van der Waals surface area (Å²) in [4.78, 5) is 57.2. The van der Waals surface area contributed by atoms with Crippen LogP contribution >= 0.6 is 0 Å². The fourth-order valence-corrected chi connectivity index (χ4v) is 4.61. The van der Waals surface area contributed by atoms with Crippen LogP contribution in [-0.2, 0) is 32.3 Å². The summed E-state index contributed by atoms with van der Waals surface area (Å²) in [7, 11) is 0. The number of rotatable bonds is 12. The summed E-state index contributed by atoms with van der Waals surface area (Å²) in [5.41, 5.74) is 6.34. The summed E-state index contributed by atoms with van der Waals surface area (Å²) in [5, 5.41) is 5.33. The van der Waals surface area contributed by atoms with Crippen LogP contribution in [0.25, 0.3) is 0 Å². The number of benzene rings is 2. The number of nitrogens with one attached hydrogen (secondary N) is 2. The summed E-state index contributed by atoms with van der Waals surface area (Å²) in [6.45, 7) is 4.33. The third kappa shape index (κ3) is 9.59. The number of hydrogen-bond acceptors (Lipinski definition) is 7. The van der Waals surface area contributed by atoms with Crippen molar-refractivity contribution < 1.29 is 23.9 Å². The number of likely N-dealkylation sites (tertiary alicyclic amines) is 1. The molecular weight excluding hydrogens is 548 g/mol. The van der Waals surface area contributed by atoms with Crippen LogP contribution < -0.4 is 16.4 Å². The summed E-state index contributed by atoms with van der Waals surface area (Å²) in [6, 6.07) is 17.7. The molecule has 1 aromatic heterocycles. The Kier molecular flexibility index (Phi) is 11.7. The highest BCUT2D eigenvalue weighted by Gasteiger charge is 2.30. The summed E-state index contributed by atoms with van der Waals surface area (Å²) in [6.07, 6.45) is 4.24. The van der Waals surface area contributed by atoms with E-state index in [0.717, 1.165) is 5.56 Å². The maximum Gasteiger partial charge on any atom is 0.250 e. The molecule has 4 N–H and O–H groups in total. The molecule has 1 atom stereocenters. The van der Waals surface area contributed by atoms with Gasteiger partial charge in [0.1, 0.15) is 12.6 Å². The van der Waals surface area contributed by atoms with Crippen molar-refractivity contribution in [2.75, 3.05) is 25.0 Å². The Morgan fingerprint density at radius 3 is 2.28 bits per heavy atom. The first-order valence-corrected chi connectivity index (χ1v) is 14.0. The zero-order chi connectivity index (χ0) is 30.1. The first kappa shape index (κ1) is 33.2. The van der Waals surface area contributed by atoms with Crippen molar-refractivity contribution in [3.8, 4) is 0 Å². The Balaban J connectivity index is 0.00000506. The van der Waals surface area contributed by atoms with Crippen molar-refractivity contribution in [1.82, 2.24) is 19.8 Å². The van der Waals surface area contributed by atoms with Crippen LogP contribution in [-0.4, -0.2) is 69.2 Å². The number of nitrogens with two attached hydrogens (primary N) is 1. The van der Waals surface area contributed by atoms with E-state index < -0.39 is 23.4 Å². The van der Waals surface area contributed by atoms with Gasteiger partial charge in [0.15, 0.2) is 11.6 Å². The highest BCUT2D eigenvalue weighted by molar-refractivity contribution is 5.98. The maximum absolute atomic E-state index is 13.1. The standard InChI is InChI=1S/C31H38N6O5.CH4/c1-31(2,32)30(41)34-25(20-42-19-22-9-5-3-6-10-22)29(40)35-26-17-36(21-33-26)18-27(38)37-15-13-24(14-16-37)28(39)23-11-7-4-8-12-23;/h3-12,17,21,24-25H,13-16,18-20,32H2,1-2H3,(H,34,41)(H,35,40);1H4/t25-;/m1./s1. The van der Waals surface area contributed by atoms with E-state index in [2.05, 4.69) is 15.6 Å². The predicted molar refractivity (Wildman–Crippen MR) is 164 cm³/mol. The molecular formula is C32H42N6O5. The van der Waals surface area contributed by atoms with Crippen LogP contribution in [0.2, 0.25) is 0 Å². The zero-order valence-electron chi connectivity index (χ0n) is 24.0. The zero-order valence-corrected chi connectivity index (χ0v) is 24.0. The number of amides is 3. The quantitative estimate of drug-likeness (QED) is 0.275. The third-order valence-electron chi connectivity index (χ3n) is 7.08. The van der Waals surface area contributed by atoms with E-state index in [1.54, 1.807) is 29.5 Å². The first-order valence-electron chi connectivity index (χ1n) is 14.0. The third-order valence-corrected chi connectivity index (χ3v) is 7.08. The molecule has 0 saturated carbocycles. The van der Waals surface area contributed by atoms with Crippen molar-refractivity contribution in [2.24, 2.45) is 11.7 Å². The molecule has 0 unspecified atom stereocenters. The molecule has 230 valence electrons. The lowest BCUT2D eigenvalue weighted by Gasteiger charge is -2.31. The smallest absolute Gasteiger partial charge is 0.250 e. The first-order chi connectivity index (χ1) is 20.1. The second-order valence-corrected chi connectivity index (χ2v) is 11.1. The van der Waals surface area contributed by atoms with Gasteiger partial charge in [-0.3, -0.25) is 19.2 Å². The maximum atomic E-state index is 13.1. The highest BCUT2D eigenvalue weighted by Crippen LogP contribution is 2.22. The molecule has 2 aromatic carbocycles. The molecule has 11 nitrogen and oxygen atoms in total. The topological polar surface area (TPSA) is 149 Å². The monoisotopic (exact) mass is 590 g/mol. The Labute approximate surface area is 252 Å². The number of piperidine rings is 1. The Morgan fingerprint density at radius 1 is 1.02 bits per heavy atom. The normalized spacial score (nSPS) is 14.3. The van der Waals surface area contributed by atoms with Crippen LogP contribution in [0.4, 0.5) is 5.82 Å². The van der Waals surface area contributed by atoms with Crippen LogP contribution in [0.1, 0.15) is 50.0 Å². The van der Waals surface area contributed by atoms with Gasteiger partial charge in [0.05, 0.1) is 25.1 Å². The van der Waals surface area contributed by atoms with Crippen LogP contribution in [0.3, 0.4) is 0 Å². The molecule has 1 aliphatic heterocycles. The fourth-order valence-electron chi connectivity index (χ4n) is 4.61. The van der Waals surface area contributed by atoms with E-state index in [0.29, 0.717) is 31.5 Å². The van der Waals surface area contributed by atoms with Crippen molar-refractivity contribution in [1.29, 1.82) is 0 Å². The number of aromatic nitrogens is 2. The average Bonchev–Trinajstić information content (AvgIpc) is 3.43. The van der Waals surface area contributed by atoms with E-state index >= 15 is 0 Å². The molecule has 0 spiro atoms. The van der Waals surface area contributed by atoms with E-state index in [1.165, 1.54) is 6.33 Å². The number of carbonyl (C=O) groups excluding carboxylic acids is 4. The molecule has 3 aromatic rings. The number of hydrogen-bond donors (Lipinski definition) is 3. The molecule has 0 bridgehead atoms. The lowest BCUT2D eigenvalue weighted by atomic mass is 9.89. The molecule has 0 radical (unpaired) electrons. The van der Waals surface area contributed by atoms with Gasteiger partial charge in [0.2, 0.25) is 11.8 Å². The highest BCUT2D eigenvalue weighted by atomic mass is 16.5. The summed E-state index contributed by atoms with van der Waals surface area (Å²) < 4.78 is 7.30. The van der Waals surface area contributed by atoms with Crippen molar-refractivity contribution >= 4 is 29.3 Å². The lowest BCUT2D eigenvalue weighted by molar-refractivity contribution is -0.133. The van der Waals surface area contributed by atoms with E-state index in [4.69, 9.17) is 10.5 Å². The minimum atomic E-state index is -1.19. The van der Waals surface area contributed by atoms with Crippen LogP contribution in [0.5, 0.6) is 0 Å². The number of anilines is 1. The molecule has 1 saturated heterocycles. The number of ketones is 1. The molecule has 3 amide bonds. The Morgan fingerprint density at radius 2 is 1.65 bits per heavy atom. The molecule has 4 rings (SSSR count). The molecule has 1 fully saturated rings. The van der Waals surface area contributed by atoms with E-state index in [-0.39, 0.29) is 50.6 Å². The van der Waals surface area contributed by atoms with Crippen molar-refractivity contribution in [3.63, 3.8) is 0 Å².